The van der Waals surface area contributed by atoms with E-state index >= 15 is 0 Å². The van der Waals surface area contributed by atoms with E-state index in [-0.39, 0.29) is 16.3 Å². The molecule has 1 saturated heterocycles. The number of piperidine rings is 1. The average molecular weight is 541 g/mol. The molecular weight excluding hydrogens is 512 g/mol. The summed E-state index contributed by atoms with van der Waals surface area (Å²) in [5, 5.41) is 4.61. The Bertz CT molecular complexity index is 1340. The topological polar surface area (TPSA) is 91.3 Å². The number of sulfonamides is 1. The van der Waals surface area contributed by atoms with Crippen molar-refractivity contribution in [2.24, 2.45) is 5.10 Å². The standard InChI is InChI=1S/C27H29ClN4O4S/c1-36-26-13-12-22(28)18-25(26)32(37(34,35)24-10-6-3-7-11-24)20-27(33)30-29-23-14-16-31(17-15-23)19-21-8-4-2-5-9-21/h2-13,18H,14-17,19-20H2,1H3,(H,30,33). The van der Waals surface area contributed by atoms with Crippen LogP contribution in [0.1, 0.15) is 18.4 Å². The van der Waals surface area contributed by atoms with Gasteiger partial charge in [-0.25, -0.2) is 13.8 Å². The highest BCUT2D eigenvalue weighted by atomic mass is 35.5. The Morgan fingerprint density at radius 3 is 2.32 bits per heavy atom. The molecule has 3 aromatic rings. The molecule has 10 heteroatoms. The zero-order valence-corrected chi connectivity index (χ0v) is 22.1. The smallest absolute Gasteiger partial charge is 0.264 e. The number of anilines is 1. The van der Waals surface area contributed by atoms with Gasteiger partial charge in [0, 0.05) is 43.2 Å². The van der Waals surface area contributed by atoms with Gasteiger partial charge in [-0.1, -0.05) is 60.1 Å². The number of halogens is 1. The van der Waals surface area contributed by atoms with E-state index < -0.39 is 22.5 Å². The van der Waals surface area contributed by atoms with Gasteiger partial charge in [0.1, 0.15) is 12.3 Å². The van der Waals surface area contributed by atoms with Gasteiger partial charge in [-0.3, -0.25) is 14.0 Å². The van der Waals surface area contributed by atoms with E-state index in [2.05, 4.69) is 27.6 Å². The molecule has 1 aliphatic rings. The average Bonchev–Trinajstić information content (AvgIpc) is 2.92. The number of hydrazone groups is 1. The van der Waals surface area contributed by atoms with Crippen molar-refractivity contribution in [3.63, 3.8) is 0 Å². The summed E-state index contributed by atoms with van der Waals surface area (Å²) in [5.41, 5.74) is 4.83. The van der Waals surface area contributed by atoms with Crippen LogP contribution in [-0.4, -0.2) is 51.7 Å². The Hall–Kier alpha value is -3.40. The first kappa shape index (κ1) is 26.7. The summed E-state index contributed by atoms with van der Waals surface area (Å²) >= 11 is 6.17. The fourth-order valence-corrected chi connectivity index (χ4v) is 5.72. The number of likely N-dealkylation sites (tertiary alicyclic amines) is 1. The Morgan fingerprint density at radius 1 is 1.03 bits per heavy atom. The van der Waals surface area contributed by atoms with E-state index in [4.69, 9.17) is 16.3 Å². The molecule has 0 spiro atoms. The normalized spacial score (nSPS) is 14.2. The first-order valence-corrected chi connectivity index (χ1v) is 13.7. The second-order valence-electron chi connectivity index (χ2n) is 8.62. The highest BCUT2D eigenvalue weighted by Gasteiger charge is 2.29. The molecule has 37 heavy (non-hydrogen) atoms. The van der Waals surface area contributed by atoms with Crippen molar-refractivity contribution < 1.29 is 17.9 Å². The lowest BCUT2D eigenvalue weighted by atomic mass is 10.1. The SMILES string of the molecule is COc1ccc(Cl)cc1N(CC(=O)NN=C1CCN(Cc2ccccc2)CC1)S(=O)(=O)c1ccccc1. The van der Waals surface area contributed by atoms with Crippen LogP contribution in [0.3, 0.4) is 0 Å². The van der Waals surface area contributed by atoms with Gasteiger partial charge in [-0.2, -0.15) is 5.10 Å². The van der Waals surface area contributed by atoms with Crippen LogP contribution >= 0.6 is 11.6 Å². The number of carbonyl (C=O) groups is 1. The number of rotatable bonds is 9. The molecule has 3 aromatic carbocycles. The summed E-state index contributed by atoms with van der Waals surface area (Å²) in [4.78, 5) is 15.3. The summed E-state index contributed by atoms with van der Waals surface area (Å²) in [6.45, 7) is 2.04. The Kier molecular flexibility index (Phi) is 8.81. The number of methoxy groups -OCH3 is 1. The molecule has 1 N–H and O–H groups in total. The maximum Gasteiger partial charge on any atom is 0.264 e. The van der Waals surface area contributed by atoms with E-state index in [9.17, 15) is 13.2 Å². The predicted octanol–water partition coefficient (Wildman–Crippen LogP) is 4.31. The van der Waals surface area contributed by atoms with Crippen LogP contribution < -0.4 is 14.5 Å². The van der Waals surface area contributed by atoms with Crippen molar-refractivity contribution in [3.8, 4) is 5.75 Å². The largest absolute Gasteiger partial charge is 0.495 e. The van der Waals surface area contributed by atoms with Crippen molar-refractivity contribution in [1.82, 2.24) is 10.3 Å². The number of amides is 1. The molecule has 194 valence electrons. The molecule has 1 heterocycles. The van der Waals surface area contributed by atoms with Gasteiger partial charge in [0.2, 0.25) is 0 Å². The first-order chi connectivity index (χ1) is 17.9. The molecule has 0 aliphatic carbocycles. The molecule has 0 radical (unpaired) electrons. The van der Waals surface area contributed by atoms with Gasteiger partial charge in [0.05, 0.1) is 17.7 Å². The second-order valence-corrected chi connectivity index (χ2v) is 10.9. The van der Waals surface area contributed by atoms with Crippen LogP contribution in [0.2, 0.25) is 5.02 Å². The third-order valence-corrected chi connectivity index (χ3v) is 8.06. The van der Waals surface area contributed by atoms with Crippen LogP contribution in [-0.2, 0) is 21.4 Å². The zero-order valence-electron chi connectivity index (χ0n) is 20.5. The molecule has 1 fully saturated rings. The minimum atomic E-state index is -4.10. The summed E-state index contributed by atoms with van der Waals surface area (Å²) in [6, 6.07) is 22.8. The molecule has 1 amide bonds. The maximum absolute atomic E-state index is 13.5. The Morgan fingerprint density at radius 2 is 1.68 bits per heavy atom. The summed E-state index contributed by atoms with van der Waals surface area (Å²) in [6.07, 6.45) is 1.45. The third kappa shape index (κ3) is 6.88. The van der Waals surface area contributed by atoms with Crippen LogP contribution in [0.15, 0.2) is 88.9 Å². The van der Waals surface area contributed by atoms with Crippen molar-refractivity contribution >= 4 is 38.9 Å². The van der Waals surface area contributed by atoms with Crippen molar-refractivity contribution in [2.75, 3.05) is 31.0 Å². The van der Waals surface area contributed by atoms with Crippen molar-refractivity contribution in [2.45, 2.75) is 24.3 Å². The van der Waals surface area contributed by atoms with E-state index in [1.807, 2.05) is 18.2 Å². The molecule has 0 unspecified atom stereocenters. The number of benzene rings is 3. The van der Waals surface area contributed by atoms with Gasteiger partial charge in [0.25, 0.3) is 15.9 Å². The minimum Gasteiger partial charge on any atom is -0.495 e. The first-order valence-electron chi connectivity index (χ1n) is 11.9. The van der Waals surface area contributed by atoms with E-state index in [0.29, 0.717) is 5.02 Å². The summed E-state index contributed by atoms with van der Waals surface area (Å²) in [5.74, 6) is -0.297. The van der Waals surface area contributed by atoms with Crippen LogP contribution in [0.4, 0.5) is 5.69 Å². The van der Waals surface area contributed by atoms with Crippen LogP contribution in [0, 0.1) is 0 Å². The summed E-state index contributed by atoms with van der Waals surface area (Å²) in [7, 11) is -2.67. The highest BCUT2D eigenvalue weighted by molar-refractivity contribution is 7.92. The molecular formula is C27H29ClN4O4S. The van der Waals surface area contributed by atoms with Crippen LogP contribution in [0.5, 0.6) is 5.75 Å². The lowest BCUT2D eigenvalue weighted by molar-refractivity contribution is -0.119. The number of hydrogen-bond acceptors (Lipinski definition) is 6. The van der Waals surface area contributed by atoms with E-state index in [1.54, 1.807) is 30.3 Å². The lowest BCUT2D eigenvalue weighted by Gasteiger charge is -2.27. The van der Waals surface area contributed by atoms with Gasteiger partial charge >= 0.3 is 0 Å². The predicted molar refractivity (Wildman–Crippen MR) is 146 cm³/mol. The number of nitrogens with one attached hydrogen (secondary N) is 1. The van der Waals surface area contributed by atoms with Gasteiger partial charge in [-0.05, 0) is 35.9 Å². The maximum atomic E-state index is 13.5. The fourth-order valence-electron chi connectivity index (χ4n) is 4.11. The van der Waals surface area contributed by atoms with Crippen LogP contribution in [0.25, 0.3) is 0 Å². The van der Waals surface area contributed by atoms with Gasteiger partial charge < -0.3 is 4.74 Å². The van der Waals surface area contributed by atoms with E-state index in [1.165, 1.54) is 30.9 Å². The fraction of sp³-hybridized carbons (Fsp3) is 0.259. The molecule has 4 rings (SSSR count). The third-order valence-electron chi connectivity index (χ3n) is 6.05. The molecule has 0 bridgehead atoms. The lowest BCUT2D eigenvalue weighted by Crippen LogP contribution is -2.40. The Labute approximate surface area is 222 Å². The second kappa shape index (κ2) is 12.2. The molecule has 0 atom stereocenters. The molecule has 8 nitrogen and oxygen atoms in total. The highest BCUT2D eigenvalue weighted by Crippen LogP contribution is 2.34. The van der Waals surface area contributed by atoms with Crippen molar-refractivity contribution in [3.05, 3.63) is 89.4 Å². The number of carbonyl (C=O) groups excluding carboxylic acids is 1. The number of ether oxygens (including phenoxy) is 1. The molecule has 1 aliphatic heterocycles. The van der Waals surface area contributed by atoms with Crippen molar-refractivity contribution in [1.29, 1.82) is 0 Å². The Balaban J connectivity index is 1.46. The zero-order chi connectivity index (χ0) is 26.3. The van der Waals surface area contributed by atoms with Gasteiger partial charge in [-0.15, -0.1) is 0 Å². The summed E-state index contributed by atoms with van der Waals surface area (Å²) < 4.78 is 33.5. The van der Waals surface area contributed by atoms with Gasteiger partial charge in [0.15, 0.2) is 0 Å². The quantitative estimate of drug-likeness (QED) is 0.408. The molecule has 0 aromatic heterocycles. The molecule has 0 saturated carbocycles. The minimum absolute atomic E-state index is 0.0435. The number of nitrogens with zero attached hydrogens (tertiary/aromatic N) is 3. The monoisotopic (exact) mass is 540 g/mol. The van der Waals surface area contributed by atoms with E-state index in [0.717, 1.165) is 42.5 Å². The number of hydrogen-bond donors (Lipinski definition) is 1.